The Kier molecular flexibility index (Phi) is 8.46. The molecule has 0 unspecified atom stereocenters. The second kappa shape index (κ2) is 11.5. The predicted octanol–water partition coefficient (Wildman–Crippen LogP) is 4.21. The highest BCUT2D eigenvalue weighted by Crippen LogP contribution is 2.32. The van der Waals surface area contributed by atoms with E-state index in [-0.39, 0.29) is 10.8 Å². The number of amides is 1. The molecule has 8 heteroatoms. The van der Waals surface area contributed by atoms with E-state index in [1.54, 1.807) is 16.4 Å². The van der Waals surface area contributed by atoms with E-state index in [1.807, 2.05) is 44.4 Å². The zero-order valence-corrected chi connectivity index (χ0v) is 21.8. The molecule has 0 saturated carbocycles. The van der Waals surface area contributed by atoms with Crippen LogP contribution in [0, 0.1) is 0 Å². The Morgan fingerprint density at radius 2 is 1.51 bits per heavy atom. The number of piperidine rings is 2. The molecule has 190 valence electrons. The lowest BCUT2D eigenvalue weighted by atomic mass is 10.1. The number of anilines is 2. The second-order valence-corrected chi connectivity index (χ2v) is 11.8. The van der Waals surface area contributed by atoms with Gasteiger partial charge >= 0.3 is 0 Å². The minimum Gasteiger partial charge on any atom is -0.370 e. The Morgan fingerprint density at radius 3 is 2.14 bits per heavy atom. The van der Waals surface area contributed by atoms with Crippen LogP contribution in [0.2, 0.25) is 0 Å². The number of carbonyl (C=O) groups excluding carboxylic acids is 1. The maximum absolute atomic E-state index is 13.7. The van der Waals surface area contributed by atoms with Crippen molar-refractivity contribution in [3.05, 3.63) is 53.6 Å². The smallest absolute Gasteiger partial charge is 0.255 e. The molecule has 2 aromatic carbocycles. The zero-order valence-electron chi connectivity index (χ0n) is 21.0. The third-order valence-corrected chi connectivity index (χ3v) is 8.84. The van der Waals surface area contributed by atoms with Gasteiger partial charge in [0.1, 0.15) is 4.90 Å². The molecule has 1 N–H and O–H groups in total. The summed E-state index contributed by atoms with van der Waals surface area (Å²) < 4.78 is 29.0. The zero-order chi connectivity index (χ0) is 24.8. The van der Waals surface area contributed by atoms with Gasteiger partial charge in [0.25, 0.3) is 5.91 Å². The highest BCUT2D eigenvalue weighted by molar-refractivity contribution is 7.89. The number of sulfonamides is 1. The van der Waals surface area contributed by atoms with Crippen LogP contribution in [0.25, 0.3) is 0 Å². The molecule has 2 fully saturated rings. The van der Waals surface area contributed by atoms with Crippen LogP contribution in [-0.4, -0.2) is 70.3 Å². The molecule has 0 spiro atoms. The summed E-state index contributed by atoms with van der Waals surface area (Å²) >= 11 is 0. The van der Waals surface area contributed by atoms with Crippen molar-refractivity contribution in [3.63, 3.8) is 0 Å². The van der Waals surface area contributed by atoms with Crippen LogP contribution in [0.3, 0.4) is 0 Å². The Hall–Kier alpha value is -2.42. The van der Waals surface area contributed by atoms with Crippen LogP contribution in [0.1, 0.15) is 54.4 Å². The topological polar surface area (TPSA) is 73.0 Å². The highest BCUT2D eigenvalue weighted by atomic mass is 32.2. The number of carbonyl (C=O) groups is 1. The van der Waals surface area contributed by atoms with E-state index in [2.05, 4.69) is 15.1 Å². The van der Waals surface area contributed by atoms with Crippen LogP contribution < -0.4 is 10.2 Å². The summed E-state index contributed by atoms with van der Waals surface area (Å²) in [6.07, 6.45) is 7.02. The molecule has 0 radical (unpaired) electrons. The SMILES string of the molecule is CN(C)CCc1ccc(NC(=O)c2ccc(N3CCCCC3)c(S(=O)(=O)N3CCCCC3)c2)cc1. The van der Waals surface area contributed by atoms with E-state index >= 15 is 0 Å². The Bertz CT molecular complexity index is 1100. The normalized spacial score (nSPS) is 17.5. The first-order chi connectivity index (χ1) is 16.8. The molecule has 2 aliphatic rings. The molecule has 2 saturated heterocycles. The van der Waals surface area contributed by atoms with E-state index in [1.165, 1.54) is 12.0 Å². The van der Waals surface area contributed by atoms with Crippen molar-refractivity contribution in [2.45, 2.75) is 49.8 Å². The summed E-state index contributed by atoms with van der Waals surface area (Å²) in [5, 5.41) is 2.94. The minimum atomic E-state index is -3.68. The highest BCUT2D eigenvalue weighted by Gasteiger charge is 2.31. The van der Waals surface area contributed by atoms with Crippen LogP contribution in [0.4, 0.5) is 11.4 Å². The number of benzene rings is 2. The lowest BCUT2D eigenvalue weighted by Crippen LogP contribution is -2.37. The van der Waals surface area contributed by atoms with E-state index in [4.69, 9.17) is 0 Å². The number of nitrogens with one attached hydrogen (secondary N) is 1. The Balaban J connectivity index is 1.58. The first kappa shape index (κ1) is 25.7. The Labute approximate surface area is 210 Å². The van der Waals surface area contributed by atoms with Gasteiger partial charge in [-0.1, -0.05) is 18.6 Å². The summed E-state index contributed by atoms with van der Waals surface area (Å²) in [6.45, 7) is 3.72. The number of rotatable bonds is 8. The lowest BCUT2D eigenvalue weighted by Gasteiger charge is -2.33. The average Bonchev–Trinajstić information content (AvgIpc) is 2.89. The van der Waals surface area contributed by atoms with Gasteiger partial charge in [-0.25, -0.2) is 8.42 Å². The fraction of sp³-hybridized carbons (Fsp3) is 0.519. The molecule has 2 aromatic rings. The van der Waals surface area contributed by atoms with Gasteiger partial charge in [0.05, 0.1) is 5.69 Å². The van der Waals surface area contributed by atoms with Gasteiger partial charge in [0, 0.05) is 44.0 Å². The molecule has 0 aliphatic carbocycles. The van der Waals surface area contributed by atoms with Crippen LogP contribution >= 0.6 is 0 Å². The van der Waals surface area contributed by atoms with Crippen LogP contribution in [-0.2, 0) is 16.4 Å². The molecular weight excluding hydrogens is 460 g/mol. The molecule has 2 aliphatic heterocycles. The largest absolute Gasteiger partial charge is 0.370 e. The first-order valence-corrected chi connectivity index (χ1v) is 14.2. The molecule has 4 rings (SSSR count). The van der Waals surface area contributed by atoms with Gasteiger partial charge in [-0.2, -0.15) is 4.31 Å². The number of nitrogens with zero attached hydrogens (tertiary/aromatic N) is 3. The third kappa shape index (κ3) is 6.42. The van der Waals surface area contributed by atoms with E-state index in [0.29, 0.717) is 24.3 Å². The van der Waals surface area contributed by atoms with Crippen molar-refractivity contribution in [2.75, 3.05) is 57.0 Å². The van der Waals surface area contributed by atoms with Gasteiger partial charge in [-0.15, -0.1) is 0 Å². The molecule has 7 nitrogen and oxygen atoms in total. The van der Waals surface area contributed by atoms with Crippen molar-refractivity contribution in [1.29, 1.82) is 0 Å². The van der Waals surface area contributed by atoms with Crippen molar-refractivity contribution < 1.29 is 13.2 Å². The van der Waals surface area contributed by atoms with Crippen LogP contribution in [0.15, 0.2) is 47.4 Å². The van der Waals surface area contributed by atoms with Gasteiger partial charge in [0.15, 0.2) is 0 Å². The number of hydrogen-bond acceptors (Lipinski definition) is 5. The lowest BCUT2D eigenvalue weighted by molar-refractivity contribution is 0.102. The summed E-state index contributed by atoms with van der Waals surface area (Å²) in [5.41, 5.74) is 2.98. The molecule has 0 bridgehead atoms. The fourth-order valence-corrected chi connectivity index (χ4v) is 6.57. The fourth-order valence-electron chi connectivity index (χ4n) is 4.81. The average molecular weight is 499 g/mol. The summed E-state index contributed by atoms with van der Waals surface area (Å²) in [4.78, 5) is 17.7. The van der Waals surface area contributed by atoms with Crippen LogP contribution in [0.5, 0.6) is 0 Å². The summed E-state index contributed by atoms with van der Waals surface area (Å²) in [7, 11) is 0.411. The van der Waals surface area contributed by atoms with E-state index < -0.39 is 10.0 Å². The minimum absolute atomic E-state index is 0.257. The maximum Gasteiger partial charge on any atom is 0.255 e. The van der Waals surface area contributed by atoms with E-state index in [0.717, 1.165) is 63.8 Å². The van der Waals surface area contributed by atoms with E-state index in [9.17, 15) is 13.2 Å². The molecular formula is C27H38N4O3S. The van der Waals surface area contributed by atoms with Gasteiger partial charge in [-0.3, -0.25) is 4.79 Å². The first-order valence-electron chi connectivity index (χ1n) is 12.8. The number of likely N-dealkylation sites (N-methyl/N-ethyl adjacent to an activating group) is 1. The third-order valence-electron chi connectivity index (χ3n) is 6.91. The van der Waals surface area contributed by atoms with Crippen molar-refractivity contribution >= 4 is 27.3 Å². The molecule has 0 atom stereocenters. The quantitative estimate of drug-likeness (QED) is 0.590. The predicted molar refractivity (Wildman–Crippen MR) is 142 cm³/mol. The van der Waals surface area contributed by atoms with Gasteiger partial charge in [-0.05, 0) is 88.5 Å². The monoisotopic (exact) mass is 498 g/mol. The maximum atomic E-state index is 13.7. The van der Waals surface area contributed by atoms with Crippen molar-refractivity contribution in [3.8, 4) is 0 Å². The number of hydrogen-bond donors (Lipinski definition) is 1. The van der Waals surface area contributed by atoms with Gasteiger partial charge in [0.2, 0.25) is 10.0 Å². The summed E-state index contributed by atoms with van der Waals surface area (Å²) in [6, 6.07) is 13.0. The molecule has 2 heterocycles. The van der Waals surface area contributed by atoms with Crippen molar-refractivity contribution in [2.24, 2.45) is 0 Å². The summed E-state index contributed by atoms with van der Waals surface area (Å²) in [5.74, 6) is -0.300. The second-order valence-electron chi connectivity index (χ2n) is 9.90. The Morgan fingerprint density at radius 1 is 0.886 bits per heavy atom. The standard InChI is InChI=1S/C27H38N4O3S/c1-29(2)20-15-22-9-12-24(13-10-22)28-27(32)23-11-14-25(30-16-5-3-6-17-30)26(21-23)35(33,34)31-18-7-4-8-19-31/h9-14,21H,3-8,15-20H2,1-2H3,(H,28,32). The van der Waals surface area contributed by atoms with Gasteiger partial charge < -0.3 is 15.1 Å². The van der Waals surface area contributed by atoms with Crippen molar-refractivity contribution in [1.82, 2.24) is 9.21 Å². The molecule has 0 aromatic heterocycles. The molecule has 1 amide bonds. The molecule has 35 heavy (non-hydrogen) atoms.